The average molecular weight is 528 g/mol. The van der Waals surface area contributed by atoms with E-state index >= 15 is 0 Å². The maximum atomic E-state index is 14.6. The number of alkyl halides is 2. The number of rotatable bonds is 8. The van der Waals surface area contributed by atoms with Gasteiger partial charge in [0, 0.05) is 29.7 Å². The van der Waals surface area contributed by atoms with E-state index in [4.69, 9.17) is 5.26 Å². The van der Waals surface area contributed by atoms with Gasteiger partial charge in [-0.1, -0.05) is 31.2 Å². The van der Waals surface area contributed by atoms with Crippen molar-refractivity contribution < 1.29 is 13.6 Å². The SMILES string of the molecule is CCc1cc2c(c(C(C)(F)F)c1)CN(c1cc(-c3ccccc3-c3ncn[nH]3)cc(N[C@H](C)CC#N)n1)C2=O. The Balaban J connectivity index is 1.64. The molecule has 0 unspecified atom stereocenters. The fraction of sp³-hybridized carbons (Fsp3) is 0.276. The van der Waals surface area contributed by atoms with Crippen molar-refractivity contribution in [1.82, 2.24) is 20.2 Å². The molecule has 0 radical (unpaired) electrons. The molecule has 2 aromatic carbocycles. The van der Waals surface area contributed by atoms with Gasteiger partial charge in [-0.3, -0.25) is 14.8 Å². The van der Waals surface area contributed by atoms with E-state index < -0.39 is 5.92 Å². The highest BCUT2D eigenvalue weighted by Gasteiger charge is 2.38. The molecule has 1 atom stereocenters. The predicted molar refractivity (Wildman–Crippen MR) is 144 cm³/mol. The Kier molecular flexibility index (Phi) is 6.83. The van der Waals surface area contributed by atoms with Crippen LogP contribution < -0.4 is 10.2 Å². The van der Waals surface area contributed by atoms with Crippen LogP contribution >= 0.6 is 0 Å². The molecule has 5 rings (SSSR count). The third kappa shape index (κ3) is 5.08. The molecule has 0 aliphatic carbocycles. The zero-order chi connectivity index (χ0) is 27.7. The molecule has 4 aromatic rings. The summed E-state index contributed by atoms with van der Waals surface area (Å²) in [6, 6.07) is 16.3. The van der Waals surface area contributed by atoms with Crippen LogP contribution in [0.2, 0.25) is 0 Å². The molecule has 8 nitrogen and oxygen atoms in total. The van der Waals surface area contributed by atoms with Gasteiger partial charge in [-0.2, -0.15) is 10.4 Å². The van der Waals surface area contributed by atoms with Gasteiger partial charge in [-0.05, 0) is 59.9 Å². The fourth-order valence-electron chi connectivity index (χ4n) is 4.85. The summed E-state index contributed by atoms with van der Waals surface area (Å²) in [5.41, 5.74) is 3.46. The van der Waals surface area contributed by atoms with Gasteiger partial charge in [-0.15, -0.1) is 0 Å². The Morgan fingerprint density at radius 2 is 1.95 bits per heavy atom. The van der Waals surface area contributed by atoms with Crippen LogP contribution in [0.15, 0.2) is 54.9 Å². The van der Waals surface area contributed by atoms with Crippen molar-refractivity contribution in [3.8, 4) is 28.6 Å². The van der Waals surface area contributed by atoms with Gasteiger partial charge in [0.15, 0.2) is 5.82 Å². The van der Waals surface area contributed by atoms with Crippen molar-refractivity contribution in [2.45, 2.75) is 52.1 Å². The summed E-state index contributed by atoms with van der Waals surface area (Å²) in [6.45, 7) is 4.56. The second-order valence-corrected chi connectivity index (χ2v) is 9.69. The van der Waals surface area contributed by atoms with Crippen LogP contribution in [0.5, 0.6) is 0 Å². The fourth-order valence-corrected chi connectivity index (χ4v) is 4.85. The quantitative estimate of drug-likeness (QED) is 0.287. The van der Waals surface area contributed by atoms with Gasteiger partial charge in [0.05, 0.1) is 19.0 Å². The molecule has 198 valence electrons. The number of halogens is 2. The highest BCUT2D eigenvalue weighted by molar-refractivity contribution is 6.10. The van der Waals surface area contributed by atoms with Gasteiger partial charge in [0.25, 0.3) is 11.8 Å². The van der Waals surface area contributed by atoms with Crippen molar-refractivity contribution in [3.05, 3.63) is 77.1 Å². The van der Waals surface area contributed by atoms with Gasteiger partial charge < -0.3 is 5.32 Å². The number of carbonyl (C=O) groups excluding carboxylic acids is 1. The van der Waals surface area contributed by atoms with Crippen LogP contribution in [0.4, 0.5) is 20.4 Å². The number of nitrogens with zero attached hydrogens (tertiary/aromatic N) is 5. The number of pyridine rings is 1. The number of benzene rings is 2. The standard InChI is InChI=1S/C29H27F2N7O/c1-4-18-11-22-23(24(12-18)29(3,30)31)15-38(28(22)39)26-14-19(13-25(36-26)35-17(2)9-10-32)20-7-5-6-8-21(20)27-33-16-34-37-27/h5-8,11-14,16-17H,4,9,15H2,1-3H3,(H,35,36)(H,33,34,37)/t17-/m1/s1. The van der Waals surface area contributed by atoms with Gasteiger partial charge in [0.2, 0.25) is 0 Å². The maximum Gasteiger partial charge on any atom is 0.270 e. The first-order chi connectivity index (χ1) is 18.7. The molecule has 0 saturated heterocycles. The Labute approximate surface area is 224 Å². The number of fused-ring (bicyclic) bond motifs is 1. The van der Waals surface area contributed by atoms with E-state index in [0.29, 0.717) is 35.0 Å². The number of H-pyrrole nitrogens is 1. The first kappa shape index (κ1) is 26.0. The Morgan fingerprint density at radius 3 is 2.62 bits per heavy atom. The van der Waals surface area contributed by atoms with E-state index in [0.717, 1.165) is 23.6 Å². The summed E-state index contributed by atoms with van der Waals surface area (Å²) < 4.78 is 29.3. The lowest BCUT2D eigenvalue weighted by Gasteiger charge is -2.20. The molecular weight excluding hydrogens is 500 g/mol. The molecule has 0 bridgehead atoms. The third-order valence-electron chi connectivity index (χ3n) is 6.77. The number of anilines is 2. The van der Waals surface area contributed by atoms with Crippen LogP contribution in [0.25, 0.3) is 22.5 Å². The highest BCUT2D eigenvalue weighted by atomic mass is 19.3. The van der Waals surface area contributed by atoms with Crippen molar-refractivity contribution in [1.29, 1.82) is 5.26 Å². The van der Waals surface area contributed by atoms with Crippen LogP contribution in [-0.4, -0.2) is 32.1 Å². The predicted octanol–water partition coefficient (Wildman–Crippen LogP) is 6.08. The number of amides is 1. The second kappa shape index (κ2) is 10.3. The van der Waals surface area contributed by atoms with Crippen LogP contribution in [0, 0.1) is 11.3 Å². The van der Waals surface area contributed by atoms with E-state index in [9.17, 15) is 13.6 Å². The van der Waals surface area contributed by atoms with Crippen LogP contribution in [0.3, 0.4) is 0 Å². The number of aryl methyl sites for hydroxylation is 1. The molecule has 10 heteroatoms. The smallest absolute Gasteiger partial charge is 0.270 e. The molecule has 39 heavy (non-hydrogen) atoms. The van der Waals surface area contributed by atoms with E-state index in [1.165, 1.54) is 17.3 Å². The molecular formula is C29H27F2N7O. The minimum absolute atomic E-state index is 0.0235. The topological polar surface area (TPSA) is 111 Å². The van der Waals surface area contributed by atoms with Gasteiger partial charge in [0.1, 0.15) is 18.0 Å². The summed E-state index contributed by atoms with van der Waals surface area (Å²) in [5, 5.41) is 19.2. The number of aromatic amines is 1. The number of nitriles is 1. The number of hydrogen-bond acceptors (Lipinski definition) is 6. The second-order valence-electron chi connectivity index (χ2n) is 9.69. The van der Waals surface area contributed by atoms with Crippen LogP contribution in [-0.2, 0) is 18.9 Å². The normalized spacial score (nSPS) is 13.7. The zero-order valence-electron chi connectivity index (χ0n) is 21.8. The van der Waals surface area contributed by atoms with Crippen molar-refractivity contribution in [2.75, 3.05) is 10.2 Å². The van der Waals surface area contributed by atoms with E-state index in [-0.39, 0.29) is 36.0 Å². The minimum atomic E-state index is -3.10. The van der Waals surface area contributed by atoms with Crippen molar-refractivity contribution >= 4 is 17.5 Å². The lowest BCUT2D eigenvalue weighted by atomic mass is 9.95. The minimum Gasteiger partial charge on any atom is -0.366 e. The van der Waals surface area contributed by atoms with Crippen molar-refractivity contribution in [2.24, 2.45) is 0 Å². The molecule has 0 saturated carbocycles. The lowest BCUT2D eigenvalue weighted by molar-refractivity contribution is 0.0165. The molecule has 2 N–H and O–H groups in total. The molecule has 0 spiro atoms. The Hall–Kier alpha value is -4.65. The molecule has 0 fully saturated rings. The molecule has 2 aromatic heterocycles. The average Bonchev–Trinajstić information content (AvgIpc) is 3.56. The maximum absolute atomic E-state index is 14.6. The number of carbonyl (C=O) groups is 1. The van der Waals surface area contributed by atoms with E-state index in [1.54, 1.807) is 12.1 Å². The first-order valence-corrected chi connectivity index (χ1v) is 12.7. The van der Waals surface area contributed by atoms with Gasteiger partial charge in [-0.25, -0.2) is 18.7 Å². The van der Waals surface area contributed by atoms with Crippen LogP contribution in [0.1, 0.15) is 54.2 Å². The Bertz CT molecular complexity index is 1570. The summed E-state index contributed by atoms with van der Waals surface area (Å²) in [5.74, 6) is -2.14. The number of hydrogen-bond donors (Lipinski definition) is 2. The zero-order valence-corrected chi connectivity index (χ0v) is 21.8. The highest BCUT2D eigenvalue weighted by Crippen LogP contribution is 2.40. The van der Waals surface area contributed by atoms with Gasteiger partial charge >= 0.3 is 0 Å². The summed E-state index contributed by atoms with van der Waals surface area (Å²) >= 11 is 0. The first-order valence-electron chi connectivity index (χ1n) is 12.7. The number of aromatic nitrogens is 4. The van der Waals surface area contributed by atoms with E-state index in [1.807, 2.05) is 44.2 Å². The van der Waals surface area contributed by atoms with E-state index in [2.05, 4.69) is 31.6 Å². The molecule has 3 heterocycles. The molecule has 1 aliphatic rings. The summed E-state index contributed by atoms with van der Waals surface area (Å²) in [7, 11) is 0. The number of nitrogens with one attached hydrogen (secondary N) is 2. The molecule has 1 amide bonds. The lowest BCUT2D eigenvalue weighted by Crippen LogP contribution is -2.25. The summed E-state index contributed by atoms with van der Waals surface area (Å²) in [4.78, 5) is 24.0. The summed E-state index contributed by atoms with van der Waals surface area (Å²) in [6.07, 6.45) is 2.20. The van der Waals surface area contributed by atoms with Crippen molar-refractivity contribution in [3.63, 3.8) is 0 Å². The Morgan fingerprint density at radius 1 is 1.18 bits per heavy atom. The largest absolute Gasteiger partial charge is 0.366 e. The third-order valence-corrected chi connectivity index (χ3v) is 6.77. The molecule has 1 aliphatic heterocycles. The monoisotopic (exact) mass is 527 g/mol.